The lowest BCUT2D eigenvalue weighted by Gasteiger charge is -2.37. The van der Waals surface area contributed by atoms with Gasteiger partial charge in [0, 0.05) is 43.5 Å². The molecule has 1 aliphatic heterocycles. The smallest absolute Gasteiger partial charge is 0.225 e. The van der Waals surface area contributed by atoms with Crippen LogP contribution in [0.25, 0.3) is 0 Å². The van der Waals surface area contributed by atoms with Crippen molar-refractivity contribution >= 4 is 23.4 Å². The van der Waals surface area contributed by atoms with Gasteiger partial charge >= 0.3 is 0 Å². The Kier molecular flexibility index (Phi) is 6.35. The normalized spacial score (nSPS) is 19.1. The highest BCUT2D eigenvalue weighted by molar-refractivity contribution is 6.30. The van der Waals surface area contributed by atoms with Crippen LogP contribution in [0.1, 0.15) is 44.1 Å². The molecule has 2 amide bonds. The van der Waals surface area contributed by atoms with Gasteiger partial charge in [0.2, 0.25) is 11.8 Å². The second kappa shape index (κ2) is 8.70. The molecular weight excluding hydrogens is 336 g/mol. The van der Waals surface area contributed by atoms with E-state index in [0.29, 0.717) is 50.0 Å². The second-order valence-corrected chi connectivity index (χ2v) is 7.61. The summed E-state index contributed by atoms with van der Waals surface area (Å²) in [5.74, 6) is 0.703. The zero-order chi connectivity index (χ0) is 17.6. The molecule has 0 spiro atoms. The number of carbonyl (C=O) groups excluding carboxylic acids is 2. The molecule has 1 saturated carbocycles. The predicted molar refractivity (Wildman–Crippen MR) is 99.5 cm³/mol. The number of nitrogens with zero attached hydrogens (tertiary/aromatic N) is 2. The van der Waals surface area contributed by atoms with Gasteiger partial charge in [-0.15, -0.1) is 0 Å². The Morgan fingerprint density at radius 1 is 1.00 bits per heavy atom. The van der Waals surface area contributed by atoms with Crippen molar-refractivity contribution < 1.29 is 9.59 Å². The lowest BCUT2D eigenvalue weighted by molar-refractivity contribution is -0.142. The van der Waals surface area contributed by atoms with E-state index in [2.05, 4.69) is 0 Å². The van der Waals surface area contributed by atoms with E-state index in [9.17, 15) is 9.59 Å². The van der Waals surface area contributed by atoms with Crippen LogP contribution in [0.4, 0.5) is 0 Å². The third-order valence-corrected chi connectivity index (χ3v) is 5.65. The standard InChI is InChI=1S/C20H27ClN2O2/c21-18-8-4-5-16(15-18)9-10-19(24)22-11-13-23(14-12-22)20(25)17-6-2-1-3-7-17/h4-5,8,15,17H,1-3,6-7,9-14H2. The fourth-order valence-corrected chi connectivity index (χ4v) is 4.10. The van der Waals surface area contributed by atoms with E-state index in [1.807, 2.05) is 34.1 Å². The van der Waals surface area contributed by atoms with Crippen LogP contribution < -0.4 is 0 Å². The van der Waals surface area contributed by atoms with Crippen LogP contribution in [0.15, 0.2) is 24.3 Å². The van der Waals surface area contributed by atoms with Crippen molar-refractivity contribution in [2.75, 3.05) is 26.2 Å². The molecule has 1 aliphatic carbocycles. The molecule has 0 aromatic heterocycles. The first-order chi connectivity index (χ1) is 12.1. The van der Waals surface area contributed by atoms with Gasteiger partial charge in [0.1, 0.15) is 0 Å². The number of aryl methyl sites for hydroxylation is 1. The van der Waals surface area contributed by atoms with Gasteiger partial charge in [0.15, 0.2) is 0 Å². The average molecular weight is 363 g/mol. The molecule has 1 aromatic carbocycles. The Hall–Kier alpha value is -1.55. The molecular formula is C20H27ClN2O2. The van der Waals surface area contributed by atoms with Crippen LogP contribution in [-0.4, -0.2) is 47.8 Å². The SMILES string of the molecule is O=C(CCc1cccc(Cl)c1)N1CCN(C(=O)C2CCCCC2)CC1. The van der Waals surface area contributed by atoms with Gasteiger partial charge in [-0.2, -0.15) is 0 Å². The minimum Gasteiger partial charge on any atom is -0.339 e. The number of carbonyl (C=O) groups is 2. The van der Waals surface area contributed by atoms with Crippen molar-refractivity contribution in [3.63, 3.8) is 0 Å². The first-order valence-corrected chi connectivity index (χ1v) is 9.82. The van der Waals surface area contributed by atoms with Crippen LogP contribution in [0.2, 0.25) is 5.02 Å². The number of amides is 2. The third kappa shape index (κ3) is 4.97. The quantitative estimate of drug-likeness (QED) is 0.822. The first kappa shape index (κ1) is 18.2. The summed E-state index contributed by atoms with van der Waals surface area (Å²) in [4.78, 5) is 28.9. The molecule has 5 heteroatoms. The maximum absolute atomic E-state index is 12.6. The largest absolute Gasteiger partial charge is 0.339 e. The topological polar surface area (TPSA) is 40.6 Å². The van der Waals surface area contributed by atoms with E-state index in [0.717, 1.165) is 18.4 Å². The van der Waals surface area contributed by atoms with Crippen LogP contribution in [0.3, 0.4) is 0 Å². The number of benzene rings is 1. The van der Waals surface area contributed by atoms with Gasteiger partial charge in [-0.1, -0.05) is 43.0 Å². The van der Waals surface area contributed by atoms with E-state index < -0.39 is 0 Å². The molecule has 0 bridgehead atoms. The van der Waals surface area contributed by atoms with E-state index in [1.165, 1.54) is 19.3 Å². The summed E-state index contributed by atoms with van der Waals surface area (Å²) >= 11 is 5.99. The molecule has 2 fully saturated rings. The predicted octanol–water partition coefficient (Wildman–Crippen LogP) is 3.52. The molecule has 0 unspecified atom stereocenters. The second-order valence-electron chi connectivity index (χ2n) is 7.17. The van der Waals surface area contributed by atoms with E-state index in [-0.39, 0.29) is 11.8 Å². The van der Waals surface area contributed by atoms with E-state index in [4.69, 9.17) is 11.6 Å². The van der Waals surface area contributed by atoms with Crippen LogP contribution in [0.5, 0.6) is 0 Å². The van der Waals surface area contributed by atoms with Crippen molar-refractivity contribution in [1.82, 2.24) is 9.80 Å². The molecule has 1 saturated heterocycles. The van der Waals surface area contributed by atoms with Crippen molar-refractivity contribution in [1.29, 1.82) is 0 Å². The molecule has 1 heterocycles. The highest BCUT2D eigenvalue weighted by Gasteiger charge is 2.29. The molecule has 136 valence electrons. The maximum Gasteiger partial charge on any atom is 0.225 e. The van der Waals surface area contributed by atoms with Gasteiger partial charge in [0.05, 0.1) is 0 Å². The third-order valence-electron chi connectivity index (χ3n) is 5.42. The Balaban J connectivity index is 1.43. The molecule has 3 rings (SSSR count). The Morgan fingerprint density at radius 3 is 2.36 bits per heavy atom. The molecule has 25 heavy (non-hydrogen) atoms. The van der Waals surface area contributed by atoms with E-state index in [1.54, 1.807) is 0 Å². The van der Waals surface area contributed by atoms with Crippen molar-refractivity contribution in [2.45, 2.75) is 44.9 Å². The summed E-state index contributed by atoms with van der Waals surface area (Å²) < 4.78 is 0. The average Bonchev–Trinajstić information content (AvgIpc) is 2.66. The van der Waals surface area contributed by atoms with Crippen LogP contribution in [-0.2, 0) is 16.0 Å². The zero-order valence-electron chi connectivity index (χ0n) is 14.8. The van der Waals surface area contributed by atoms with Crippen molar-refractivity contribution in [3.8, 4) is 0 Å². The molecule has 0 atom stereocenters. The summed E-state index contributed by atoms with van der Waals surface area (Å²) in [5, 5.41) is 0.708. The molecule has 1 aromatic rings. The highest BCUT2D eigenvalue weighted by atomic mass is 35.5. The van der Waals surface area contributed by atoms with Crippen molar-refractivity contribution in [2.24, 2.45) is 5.92 Å². The molecule has 2 aliphatic rings. The summed E-state index contributed by atoms with van der Waals surface area (Å²) in [6, 6.07) is 7.67. The number of piperazine rings is 1. The first-order valence-electron chi connectivity index (χ1n) is 9.44. The van der Waals surface area contributed by atoms with Gasteiger partial charge in [-0.05, 0) is 37.0 Å². The monoisotopic (exact) mass is 362 g/mol. The Morgan fingerprint density at radius 2 is 1.68 bits per heavy atom. The number of hydrogen-bond acceptors (Lipinski definition) is 2. The van der Waals surface area contributed by atoms with Gasteiger partial charge < -0.3 is 9.80 Å². The molecule has 0 N–H and O–H groups in total. The van der Waals surface area contributed by atoms with Crippen molar-refractivity contribution in [3.05, 3.63) is 34.9 Å². The van der Waals surface area contributed by atoms with Gasteiger partial charge in [0.25, 0.3) is 0 Å². The summed E-state index contributed by atoms with van der Waals surface area (Å²) in [5.41, 5.74) is 1.09. The lowest BCUT2D eigenvalue weighted by Crippen LogP contribution is -2.52. The minimum absolute atomic E-state index is 0.171. The number of halogens is 1. The van der Waals surface area contributed by atoms with Gasteiger partial charge in [-0.3, -0.25) is 9.59 Å². The summed E-state index contributed by atoms with van der Waals surface area (Å²) in [6.45, 7) is 2.68. The lowest BCUT2D eigenvalue weighted by atomic mass is 9.88. The minimum atomic E-state index is 0.171. The Labute approximate surface area is 155 Å². The number of rotatable bonds is 4. The zero-order valence-corrected chi connectivity index (χ0v) is 15.5. The summed E-state index contributed by atoms with van der Waals surface area (Å²) in [7, 11) is 0. The Bertz CT molecular complexity index is 605. The summed E-state index contributed by atoms with van der Waals surface area (Å²) in [6.07, 6.45) is 6.90. The maximum atomic E-state index is 12.6. The van der Waals surface area contributed by atoms with E-state index >= 15 is 0 Å². The fourth-order valence-electron chi connectivity index (χ4n) is 3.89. The van der Waals surface area contributed by atoms with Crippen LogP contribution >= 0.6 is 11.6 Å². The highest BCUT2D eigenvalue weighted by Crippen LogP contribution is 2.26. The van der Waals surface area contributed by atoms with Gasteiger partial charge in [-0.25, -0.2) is 0 Å². The molecule has 0 radical (unpaired) electrons. The van der Waals surface area contributed by atoms with Crippen LogP contribution in [0, 0.1) is 5.92 Å². The number of hydrogen-bond donors (Lipinski definition) is 0. The fraction of sp³-hybridized carbons (Fsp3) is 0.600. The molecule has 4 nitrogen and oxygen atoms in total.